The summed E-state index contributed by atoms with van der Waals surface area (Å²) >= 11 is 0. The lowest BCUT2D eigenvalue weighted by Crippen LogP contribution is -2.23. The number of benzene rings is 3. The van der Waals surface area contributed by atoms with Gasteiger partial charge in [0.2, 0.25) is 0 Å². The van der Waals surface area contributed by atoms with Gasteiger partial charge in [-0.25, -0.2) is 8.42 Å². The molecule has 0 unspecified atom stereocenters. The van der Waals surface area contributed by atoms with Crippen LogP contribution in [0.5, 0.6) is 5.75 Å². The van der Waals surface area contributed by atoms with Gasteiger partial charge in [0.15, 0.2) is 0 Å². The standard InChI is InChI=1S/C24H24N4O6S/c1-34-21-11-6-18(7-12-21)26-35(32,33)23-16-19(8-13-22(23)27-14-2-3-15-27)25-24(29)17-4-9-20(10-5-17)28(30)31/h4-13,16,26H,2-3,14-15H2,1H3,(H,25,29). The first-order valence-corrected chi connectivity index (χ1v) is 12.4. The molecule has 3 aromatic rings. The highest BCUT2D eigenvalue weighted by Gasteiger charge is 2.25. The normalized spacial score (nSPS) is 13.3. The summed E-state index contributed by atoms with van der Waals surface area (Å²) < 4.78 is 34.5. The number of nitro groups is 1. The second kappa shape index (κ2) is 10.0. The Hall–Kier alpha value is -4.12. The number of anilines is 3. The van der Waals surface area contributed by atoms with Crippen LogP contribution >= 0.6 is 0 Å². The Balaban J connectivity index is 1.63. The number of rotatable bonds is 8. The Morgan fingerprint density at radius 3 is 2.20 bits per heavy atom. The van der Waals surface area contributed by atoms with Crippen molar-refractivity contribution in [2.75, 3.05) is 35.1 Å². The Morgan fingerprint density at radius 1 is 0.971 bits per heavy atom. The molecular formula is C24H24N4O6S. The van der Waals surface area contributed by atoms with E-state index in [4.69, 9.17) is 4.74 Å². The third kappa shape index (κ3) is 5.52. The van der Waals surface area contributed by atoms with E-state index < -0.39 is 20.9 Å². The van der Waals surface area contributed by atoms with Crippen LogP contribution in [0.15, 0.2) is 71.6 Å². The van der Waals surface area contributed by atoms with Gasteiger partial charge in [0.1, 0.15) is 10.6 Å². The molecule has 0 aliphatic carbocycles. The van der Waals surface area contributed by atoms with Crippen molar-refractivity contribution in [3.05, 3.63) is 82.4 Å². The van der Waals surface area contributed by atoms with Gasteiger partial charge in [-0.3, -0.25) is 19.6 Å². The summed E-state index contributed by atoms with van der Waals surface area (Å²) in [6.45, 7) is 1.47. The van der Waals surface area contributed by atoms with E-state index in [1.165, 1.54) is 37.4 Å². The van der Waals surface area contributed by atoms with Gasteiger partial charge in [-0.15, -0.1) is 0 Å². The Kier molecular flexibility index (Phi) is 6.87. The van der Waals surface area contributed by atoms with Crippen molar-refractivity contribution in [2.24, 2.45) is 0 Å². The van der Waals surface area contributed by atoms with Gasteiger partial charge in [0.25, 0.3) is 21.6 Å². The lowest BCUT2D eigenvalue weighted by Gasteiger charge is -2.22. The highest BCUT2D eigenvalue weighted by atomic mass is 32.2. The first-order valence-electron chi connectivity index (χ1n) is 10.9. The zero-order valence-corrected chi connectivity index (χ0v) is 19.7. The molecule has 0 spiro atoms. The zero-order chi connectivity index (χ0) is 25.0. The maximum absolute atomic E-state index is 13.4. The van der Waals surface area contributed by atoms with Crippen molar-refractivity contribution in [1.82, 2.24) is 0 Å². The number of carbonyl (C=O) groups is 1. The third-order valence-electron chi connectivity index (χ3n) is 5.64. The van der Waals surface area contributed by atoms with Crippen LogP contribution in [0.25, 0.3) is 0 Å². The Labute approximate surface area is 202 Å². The molecule has 0 aromatic heterocycles. The monoisotopic (exact) mass is 496 g/mol. The van der Waals surface area contributed by atoms with E-state index in [0.717, 1.165) is 25.9 Å². The summed E-state index contributed by atoms with van der Waals surface area (Å²) in [7, 11) is -2.47. The van der Waals surface area contributed by atoms with Gasteiger partial charge in [-0.2, -0.15) is 0 Å². The number of amides is 1. The first-order chi connectivity index (χ1) is 16.8. The van der Waals surface area contributed by atoms with Crippen molar-refractivity contribution >= 4 is 38.7 Å². The molecule has 0 saturated carbocycles. The summed E-state index contributed by atoms with van der Waals surface area (Å²) in [4.78, 5) is 25.0. The molecule has 0 bridgehead atoms. The topological polar surface area (TPSA) is 131 Å². The molecule has 11 heteroatoms. The van der Waals surface area contributed by atoms with Crippen LogP contribution in [0.2, 0.25) is 0 Å². The second-order valence-corrected chi connectivity index (χ2v) is 9.62. The first kappa shape index (κ1) is 24.0. The molecule has 0 radical (unpaired) electrons. The van der Waals surface area contributed by atoms with Crippen LogP contribution in [-0.2, 0) is 10.0 Å². The predicted octanol–water partition coefficient (Wildman–Crippen LogP) is 4.26. The molecule has 1 heterocycles. The number of sulfonamides is 1. The SMILES string of the molecule is COc1ccc(NS(=O)(=O)c2cc(NC(=O)c3ccc([N+](=O)[O-])cc3)ccc2N2CCCC2)cc1. The maximum Gasteiger partial charge on any atom is 0.269 e. The molecule has 1 fully saturated rings. The van der Waals surface area contributed by atoms with E-state index in [9.17, 15) is 23.3 Å². The number of non-ortho nitro benzene ring substituents is 1. The highest BCUT2D eigenvalue weighted by Crippen LogP contribution is 2.32. The molecule has 3 aromatic carbocycles. The largest absolute Gasteiger partial charge is 0.497 e. The van der Waals surface area contributed by atoms with E-state index in [0.29, 0.717) is 17.1 Å². The number of ether oxygens (including phenoxy) is 1. The number of methoxy groups -OCH3 is 1. The van der Waals surface area contributed by atoms with Gasteiger partial charge in [-0.05, 0) is 67.4 Å². The number of carbonyl (C=O) groups excluding carboxylic acids is 1. The summed E-state index contributed by atoms with van der Waals surface area (Å²) in [5.41, 5.74) is 1.29. The summed E-state index contributed by atoms with van der Waals surface area (Å²) in [5.74, 6) is 0.0851. The van der Waals surface area contributed by atoms with E-state index in [1.807, 2.05) is 4.90 Å². The van der Waals surface area contributed by atoms with Crippen LogP contribution in [0.3, 0.4) is 0 Å². The van der Waals surface area contributed by atoms with Gasteiger partial charge in [0, 0.05) is 42.2 Å². The molecule has 1 amide bonds. The van der Waals surface area contributed by atoms with Crippen LogP contribution in [0.4, 0.5) is 22.7 Å². The predicted molar refractivity (Wildman–Crippen MR) is 133 cm³/mol. The van der Waals surface area contributed by atoms with E-state index in [-0.39, 0.29) is 21.8 Å². The molecule has 1 aliphatic heterocycles. The minimum absolute atomic E-state index is 0.0386. The second-order valence-electron chi connectivity index (χ2n) is 7.97. The highest BCUT2D eigenvalue weighted by molar-refractivity contribution is 7.92. The van der Waals surface area contributed by atoms with Gasteiger partial charge in [0.05, 0.1) is 17.7 Å². The third-order valence-corrected chi connectivity index (χ3v) is 7.05. The zero-order valence-electron chi connectivity index (χ0n) is 18.9. The number of hydrogen-bond acceptors (Lipinski definition) is 7. The number of nitrogens with one attached hydrogen (secondary N) is 2. The fraction of sp³-hybridized carbons (Fsp3) is 0.208. The molecule has 35 heavy (non-hydrogen) atoms. The Bertz CT molecular complexity index is 1340. The average molecular weight is 497 g/mol. The van der Waals surface area contributed by atoms with Crippen molar-refractivity contribution in [3.63, 3.8) is 0 Å². The summed E-state index contributed by atoms with van der Waals surface area (Å²) in [6, 6.07) is 16.4. The van der Waals surface area contributed by atoms with Crippen LogP contribution in [0, 0.1) is 10.1 Å². The summed E-state index contributed by atoms with van der Waals surface area (Å²) in [6.07, 6.45) is 1.92. The molecule has 1 aliphatic rings. The smallest absolute Gasteiger partial charge is 0.269 e. The molecule has 10 nitrogen and oxygen atoms in total. The molecule has 1 saturated heterocycles. The molecule has 0 atom stereocenters. The van der Waals surface area contributed by atoms with Crippen molar-refractivity contribution in [2.45, 2.75) is 17.7 Å². The van der Waals surface area contributed by atoms with E-state index in [2.05, 4.69) is 10.0 Å². The fourth-order valence-corrected chi connectivity index (χ4v) is 5.14. The minimum atomic E-state index is -4.00. The average Bonchev–Trinajstić information content (AvgIpc) is 3.39. The van der Waals surface area contributed by atoms with E-state index in [1.54, 1.807) is 36.4 Å². The van der Waals surface area contributed by atoms with Crippen molar-refractivity contribution in [1.29, 1.82) is 0 Å². The van der Waals surface area contributed by atoms with Crippen molar-refractivity contribution < 1.29 is 22.9 Å². The van der Waals surface area contributed by atoms with Crippen molar-refractivity contribution in [3.8, 4) is 5.75 Å². The molecule has 182 valence electrons. The summed E-state index contributed by atoms with van der Waals surface area (Å²) in [5, 5.41) is 13.5. The Morgan fingerprint density at radius 2 is 1.60 bits per heavy atom. The van der Waals surface area contributed by atoms with Gasteiger partial charge in [-0.1, -0.05) is 0 Å². The van der Waals surface area contributed by atoms with Gasteiger partial charge >= 0.3 is 0 Å². The maximum atomic E-state index is 13.4. The van der Waals surface area contributed by atoms with Crippen LogP contribution in [0.1, 0.15) is 23.2 Å². The molecular weight excluding hydrogens is 472 g/mol. The van der Waals surface area contributed by atoms with Crippen LogP contribution in [-0.4, -0.2) is 39.4 Å². The number of nitrogens with zero attached hydrogens (tertiary/aromatic N) is 2. The number of nitro benzene ring substituents is 1. The van der Waals surface area contributed by atoms with E-state index >= 15 is 0 Å². The molecule has 4 rings (SSSR count). The number of hydrogen-bond donors (Lipinski definition) is 2. The quantitative estimate of drug-likeness (QED) is 0.352. The fourth-order valence-electron chi connectivity index (χ4n) is 3.83. The molecule has 2 N–H and O–H groups in total. The lowest BCUT2D eigenvalue weighted by atomic mass is 10.2. The minimum Gasteiger partial charge on any atom is -0.497 e. The lowest BCUT2D eigenvalue weighted by molar-refractivity contribution is -0.384. The van der Waals surface area contributed by atoms with Gasteiger partial charge < -0.3 is 15.0 Å². The van der Waals surface area contributed by atoms with Crippen LogP contribution < -0.4 is 19.7 Å².